The molecule has 3 rings (SSSR count). The molecule has 1 aliphatic rings. The zero-order chi connectivity index (χ0) is 21.7. The lowest BCUT2D eigenvalue weighted by Crippen LogP contribution is -2.38. The summed E-state index contributed by atoms with van der Waals surface area (Å²) in [5, 5.41) is 3.06. The summed E-state index contributed by atoms with van der Waals surface area (Å²) in [6.45, 7) is 2.96. The molecule has 6 nitrogen and oxygen atoms in total. The maximum absolute atomic E-state index is 12.9. The van der Waals surface area contributed by atoms with Crippen molar-refractivity contribution in [2.24, 2.45) is 5.92 Å². The molecule has 2 atom stereocenters. The second-order valence-corrected chi connectivity index (χ2v) is 7.89. The van der Waals surface area contributed by atoms with Crippen molar-refractivity contribution in [2.75, 3.05) is 39.2 Å². The molecule has 1 fully saturated rings. The summed E-state index contributed by atoms with van der Waals surface area (Å²) in [4.78, 5) is 29.3. The fourth-order valence-corrected chi connectivity index (χ4v) is 3.98. The van der Waals surface area contributed by atoms with Crippen LogP contribution < -0.4 is 15.0 Å². The summed E-state index contributed by atoms with van der Waals surface area (Å²) in [5.74, 6) is 0.385. The highest BCUT2D eigenvalue weighted by Gasteiger charge is 2.36. The van der Waals surface area contributed by atoms with E-state index in [0.29, 0.717) is 13.1 Å². The van der Waals surface area contributed by atoms with Gasteiger partial charge in [-0.1, -0.05) is 37.3 Å². The highest BCUT2D eigenvalue weighted by molar-refractivity contribution is 6.00. The van der Waals surface area contributed by atoms with Gasteiger partial charge in [-0.2, -0.15) is 0 Å². The van der Waals surface area contributed by atoms with E-state index in [2.05, 4.69) is 17.1 Å². The van der Waals surface area contributed by atoms with Crippen LogP contribution in [0.25, 0.3) is 0 Å². The molecule has 2 aromatic carbocycles. The number of hydrogen-bond donors (Lipinski definition) is 1. The van der Waals surface area contributed by atoms with Gasteiger partial charge < -0.3 is 19.9 Å². The Balaban J connectivity index is 1.66. The molecule has 30 heavy (non-hydrogen) atoms. The molecular weight excluding hydrogens is 378 g/mol. The van der Waals surface area contributed by atoms with E-state index < -0.39 is 0 Å². The first-order chi connectivity index (χ1) is 14.4. The van der Waals surface area contributed by atoms with Gasteiger partial charge in [-0.25, -0.2) is 0 Å². The van der Waals surface area contributed by atoms with Crippen molar-refractivity contribution < 1.29 is 14.3 Å². The van der Waals surface area contributed by atoms with Gasteiger partial charge in [0, 0.05) is 25.2 Å². The van der Waals surface area contributed by atoms with Crippen molar-refractivity contribution in [2.45, 2.75) is 25.8 Å². The van der Waals surface area contributed by atoms with Crippen molar-refractivity contribution in [1.82, 2.24) is 10.2 Å². The highest BCUT2D eigenvalue weighted by atomic mass is 16.5. The molecule has 1 N–H and O–H groups in total. The quantitative estimate of drug-likeness (QED) is 0.728. The number of carbonyl (C=O) groups is 2. The SMILES string of the molecule is CCc1ccccc1N1CC(C(=O)NCC(c2cccc(OC)c2)N(C)C)CC1=O. The standard InChI is InChI=1S/C24H31N3O3/c1-5-17-9-6-7-12-21(17)27-16-19(14-23(27)28)24(29)25-15-22(26(2)3)18-10-8-11-20(13-18)30-4/h6-13,19,22H,5,14-16H2,1-4H3,(H,25,29). The Bertz CT molecular complexity index is 897. The number of ether oxygens (including phenoxy) is 1. The number of likely N-dealkylation sites (N-methyl/N-ethyl adjacent to an activating group) is 1. The normalized spacial score (nSPS) is 17.3. The van der Waals surface area contributed by atoms with Crippen LogP contribution in [0.4, 0.5) is 5.69 Å². The van der Waals surface area contributed by atoms with Gasteiger partial charge in [0.25, 0.3) is 0 Å². The topological polar surface area (TPSA) is 61.9 Å². The van der Waals surface area contributed by atoms with E-state index in [1.807, 2.05) is 62.6 Å². The van der Waals surface area contributed by atoms with Crippen molar-refractivity contribution in [3.8, 4) is 5.75 Å². The van der Waals surface area contributed by atoms with Gasteiger partial charge in [0.1, 0.15) is 5.75 Å². The lowest BCUT2D eigenvalue weighted by Gasteiger charge is -2.26. The number of amides is 2. The second kappa shape index (κ2) is 9.76. The molecule has 0 saturated carbocycles. The number of nitrogens with one attached hydrogen (secondary N) is 1. The van der Waals surface area contributed by atoms with Gasteiger partial charge in [-0.3, -0.25) is 9.59 Å². The Morgan fingerprint density at radius 1 is 1.23 bits per heavy atom. The van der Waals surface area contributed by atoms with E-state index in [0.717, 1.165) is 29.0 Å². The maximum atomic E-state index is 12.9. The van der Waals surface area contributed by atoms with Crippen LogP contribution in [0, 0.1) is 5.92 Å². The van der Waals surface area contributed by atoms with Crippen LogP contribution in [0.3, 0.4) is 0 Å². The second-order valence-electron chi connectivity index (χ2n) is 7.89. The number of benzene rings is 2. The van der Waals surface area contributed by atoms with Crippen LogP contribution >= 0.6 is 0 Å². The van der Waals surface area contributed by atoms with Crippen molar-refractivity contribution in [1.29, 1.82) is 0 Å². The third kappa shape index (κ3) is 4.82. The lowest BCUT2D eigenvalue weighted by molar-refractivity contribution is -0.126. The van der Waals surface area contributed by atoms with Gasteiger partial charge in [0.15, 0.2) is 0 Å². The van der Waals surface area contributed by atoms with Crippen LogP contribution in [0.1, 0.15) is 30.5 Å². The molecule has 6 heteroatoms. The summed E-state index contributed by atoms with van der Waals surface area (Å²) in [6.07, 6.45) is 1.09. The number of methoxy groups -OCH3 is 1. The van der Waals surface area contributed by atoms with Gasteiger partial charge in [0.05, 0.1) is 19.1 Å². The Kier molecular flexibility index (Phi) is 7.11. The Morgan fingerprint density at radius 3 is 2.70 bits per heavy atom. The molecule has 2 aromatic rings. The molecule has 0 bridgehead atoms. The molecular formula is C24H31N3O3. The largest absolute Gasteiger partial charge is 0.497 e. The molecule has 1 heterocycles. The molecule has 0 spiro atoms. The monoisotopic (exact) mass is 409 g/mol. The maximum Gasteiger partial charge on any atom is 0.227 e. The highest BCUT2D eigenvalue weighted by Crippen LogP contribution is 2.29. The first-order valence-corrected chi connectivity index (χ1v) is 10.4. The average Bonchev–Trinajstić information content (AvgIpc) is 3.15. The van der Waals surface area contributed by atoms with Gasteiger partial charge >= 0.3 is 0 Å². The lowest BCUT2D eigenvalue weighted by atomic mass is 10.0. The number of anilines is 1. The number of rotatable bonds is 8. The third-order valence-electron chi connectivity index (χ3n) is 5.73. The first kappa shape index (κ1) is 21.8. The summed E-state index contributed by atoms with van der Waals surface area (Å²) >= 11 is 0. The molecule has 1 aliphatic heterocycles. The fraction of sp³-hybridized carbons (Fsp3) is 0.417. The summed E-state index contributed by atoms with van der Waals surface area (Å²) in [7, 11) is 5.61. The fourth-order valence-electron chi connectivity index (χ4n) is 3.98. The van der Waals surface area contributed by atoms with Crippen LogP contribution in [0.5, 0.6) is 5.75 Å². The number of carbonyl (C=O) groups excluding carboxylic acids is 2. The first-order valence-electron chi connectivity index (χ1n) is 10.4. The van der Waals surface area contributed by atoms with Crippen LogP contribution in [0.2, 0.25) is 0 Å². The number of aryl methyl sites for hydroxylation is 1. The minimum atomic E-state index is -0.337. The Morgan fingerprint density at radius 2 is 2.00 bits per heavy atom. The molecule has 1 saturated heterocycles. The van der Waals surface area contributed by atoms with Crippen LogP contribution in [0.15, 0.2) is 48.5 Å². The van der Waals surface area contributed by atoms with E-state index in [1.165, 1.54) is 0 Å². The van der Waals surface area contributed by atoms with E-state index in [4.69, 9.17) is 4.74 Å². The molecule has 160 valence electrons. The van der Waals surface area contributed by atoms with E-state index >= 15 is 0 Å². The molecule has 2 amide bonds. The summed E-state index contributed by atoms with van der Waals surface area (Å²) in [5.41, 5.74) is 3.11. The van der Waals surface area contributed by atoms with Gasteiger partial charge in [-0.05, 0) is 49.8 Å². The van der Waals surface area contributed by atoms with Gasteiger partial charge in [-0.15, -0.1) is 0 Å². The number of hydrogen-bond acceptors (Lipinski definition) is 4. The third-order valence-corrected chi connectivity index (χ3v) is 5.73. The van der Waals surface area contributed by atoms with Gasteiger partial charge in [0.2, 0.25) is 11.8 Å². The van der Waals surface area contributed by atoms with Crippen molar-refractivity contribution in [3.05, 3.63) is 59.7 Å². The van der Waals surface area contributed by atoms with E-state index in [-0.39, 0.29) is 30.2 Å². The predicted molar refractivity (Wildman–Crippen MR) is 119 cm³/mol. The van der Waals surface area contributed by atoms with E-state index in [9.17, 15) is 9.59 Å². The Hall–Kier alpha value is -2.86. The summed E-state index contributed by atoms with van der Waals surface area (Å²) in [6, 6.07) is 15.8. The minimum absolute atomic E-state index is 0.00741. The smallest absolute Gasteiger partial charge is 0.227 e. The van der Waals surface area contributed by atoms with E-state index in [1.54, 1.807) is 12.0 Å². The summed E-state index contributed by atoms with van der Waals surface area (Å²) < 4.78 is 5.33. The van der Waals surface area contributed by atoms with Crippen molar-refractivity contribution in [3.63, 3.8) is 0 Å². The van der Waals surface area contributed by atoms with Crippen LogP contribution in [-0.2, 0) is 16.0 Å². The molecule has 0 aromatic heterocycles. The average molecular weight is 410 g/mol. The zero-order valence-corrected chi connectivity index (χ0v) is 18.2. The van der Waals surface area contributed by atoms with Crippen molar-refractivity contribution >= 4 is 17.5 Å². The Labute approximate surface area is 178 Å². The number of nitrogens with zero attached hydrogens (tertiary/aromatic N) is 2. The molecule has 2 unspecified atom stereocenters. The minimum Gasteiger partial charge on any atom is -0.497 e. The predicted octanol–water partition coefficient (Wildman–Crippen LogP) is 3.03. The zero-order valence-electron chi connectivity index (χ0n) is 18.2. The van der Waals surface area contributed by atoms with Crippen LogP contribution in [-0.4, -0.2) is 51.0 Å². The number of para-hydroxylation sites is 1. The molecule has 0 aliphatic carbocycles. The molecule has 0 radical (unpaired) electrons.